The molecule has 8 heteroatoms. The molecule has 3 aromatic heterocycles. The molecule has 4 rings (SSSR count). The van der Waals surface area contributed by atoms with Gasteiger partial charge >= 0.3 is 0 Å². The minimum atomic E-state index is -0.585. The third kappa shape index (κ3) is 3.55. The Hall–Kier alpha value is -2.29. The number of fused-ring (bicyclic) bond motifs is 4. The molecule has 0 saturated heterocycles. The van der Waals surface area contributed by atoms with Crippen molar-refractivity contribution in [2.45, 2.75) is 58.5 Å². The molecular weight excluding hydrogens is 360 g/mol. The number of ether oxygens (including phenoxy) is 1. The Bertz CT molecular complexity index is 1000. The molecule has 1 aliphatic heterocycles. The lowest BCUT2D eigenvalue weighted by Crippen LogP contribution is -2.37. The zero-order chi connectivity index (χ0) is 20.1. The molecule has 0 aromatic carbocycles. The van der Waals surface area contributed by atoms with E-state index in [9.17, 15) is 10.2 Å². The summed E-state index contributed by atoms with van der Waals surface area (Å²) in [6, 6.07) is 2.03. The van der Waals surface area contributed by atoms with Crippen molar-refractivity contribution in [1.82, 2.24) is 15.0 Å². The maximum Gasteiger partial charge on any atom is 0.229 e. The molecule has 0 spiro atoms. The molecule has 0 aliphatic carbocycles. The smallest absolute Gasteiger partial charge is 0.229 e. The lowest BCUT2D eigenvalue weighted by atomic mass is 9.95. The van der Waals surface area contributed by atoms with Crippen molar-refractivity contribution in [3.05, 3.63) is 23.7 Å². The lowest BCUT2D eigenvalue weighted by Gasteiger charge is -2.30. The van der Waals surface area contributed by atoms with Gasteiger partial charge in [0, 0.05) is 25.1 Å². The second-order valence-corrected chi connectivity index (χ2v) is 8.25. The first-order chi connectivity index (χ1) is 13.2. The third-order valence-electron chi connectivity index (χ3n) is 4.88. The predicted octanol–water partition coefficient (Wildman–Crippen LogP) is 2.19. The minimum Gasteiger partial charge on any atom is -0.432 e. The van der Waals surface area contributed by atoms with Gasteiger partial charge in [-0.25, -0.2) is 15.0 Å². The Labute approximate surface area is 163 Å². The SMILES string of the molecule is C[C@H](O)CN(C[C@@H](C)O)c1ncnc2c1oc1nc3c(cc12)COC(C)(C)C3. The van der Waals surface area contributed by atoms with Crippen molar-refractivity contribution in [2.24, 2.45) is 0 Å². The topological polar surface area (TPSA) is 105 Å². The van der Waals surface area contributed by atoms with Gasteiger partial charge in [-0.05, 0) is 33.8 Å². The van der Waals surface area contributed by atoms with Crippen molar-refractivity contribution in [1.29, 1.82) is 0 Å². The molecule has 2 N–H and O–H groups in total. The average Bonchev–Trinajstić information content (AvgIpc) is 2.95. The quantitative estimate of drug-likeness (QED) is 0.688. The van der Waals surface area contributed by atoms with E-state index in [1.807, 2.05) is 24.8 Å². The Balaban J connectivity index is 1.85. The van der Waals surface area contributed by atoms with Crippen LogP contribution in [0.3, 0.4) is 0 Å². The largest absolute Gasteiger partial charge is 0.432 e. The highest BCUT2D eigenvalue weighted by atomic mass is 16.5. The van der Waals surface area contributed by atoms with Gasteiger partial charge in [-0.2, -0.15) is 0 Å². The van der Waals surface area contributed by atoms with E-state index in [0.717, 1.165) is 16.6 Å². The molecule has 8 nitrogen and oxygen atoms in total. The van der Waals surface area contributed by atoms with E-state index in [2.05, 4.69) is 9.97 Å². The third-order valence-corrected chi connectivity index (χ3v) is 4.88. The zero-order valence-corrected chi connectivity index (χ0v) is 16.6. The molecule has 0 amide bonds. The number of aromatic nitrogens is 3. The molecule has 0 fully saturated rings. The van der Waals surface area contributed by atoms with Crippen LogP contribution < -0.4 is 4.90 Å². The maximum absolute atomic E-state index is 9.88. The molecule has 150 valence electrons. The fraction of sp³-hybridized carbons (Fsp3) is 0.550. The van der Waals surface area contributed by atoms with Gasteiger partial charge in [-0.15, -0.1) is 0 Å². The summed E-state index contributed by atoms with van der Waals surface area (Å²) in [5.74, 6) is 0.541. The van der Waals surface area contributed by atoms with Gasteiger partial charge in [0.2, 0.25) is 5.71 Å². The van der Waals surface area contributed by atoms with Crippen molar-refractivity contribution < 1.29 is 19.4 Å². The summed E-state index contributed by atoms with van der Waals surface area (Å²) in [5.41, 5.74) is 3.45. The maximum atomic E-state index is 9.88. The second-order valence-electron chi connectivity index (χ2n) is 8.25. The molecule has 28 heavy (non-hydrogen) atoms. The molecule has 0 unspecified atom stereocenters. The second kappa shape index (κ2) is 6.95. The van der Waals surface area contributed by atoms with Gasteiger partial charge in [0.15, 0.2) is 11.4 Å². The van der Waals surface area contributed by atoms with Crippen LogP contribution in [0.1, 0.15) is 39.0 Å². The Morgan fingerprint density at radius 1 is 1.18 bits per heavy atom. The monoisotopic (exact) mass is 386 g/mol. The highest BCUT2D eigenvalue weighted by Crippen LogP contribution is 2.35. The van der Waals surface area contributed by atoms with Crippen LogP contribution >= 0.6 is 0 Å². The van der Waals surface area contributed by atoms with Gasteiger partial charge in [-0.1, -0.05) is 0 Å². The highest BCUT2D eigenvalue weighted by Gasteiger charge is 2.29. The Kier molecular flexibility index (Phi) is 4.73. The summed E-state index contributed by atoms with van der Waals surface area (Å²) in [4.78, 5) is 15.3. The van der Waals surface area contributed by atoms with E-state index in [-0.39, 0.29) is 5.60 Å². The van der Waals surface area contributed by atoms with E-state index < -0.39 is 12.2 Å². The van der Waals surface area contributed by atoms with Crippen molar-refractivity contribution in [3.8, 4) is 0 Å². The van der Waals surface area contributed by atoms with Crippen molar-refractivity contribution in [2.75, 3.05) is 18.0 Å². The van der Waals surface area contributed by atoms with Gasteiger partial charge in [0.1, 0.15) is 11.8 Å². The number of aliphatic hydroxyl groups excluding tert-OH is 2. The summed E-state index contributed by atoms with van der Waals surface area (Å²) >= 11 is 0. The van der Waals surface area contributed by atoms with Gasteiger partial charge in [0.05, 0.1) is 35.5 Å². The first kappa shape index (κ1) is 19.0. The van der Waals surface area contributed by atoms with Crippen LogP contribution in [0.15, 0.2) is 16.8 Å². The number of nitrogens with zero attached hydrogens (tertiary/aromatic N) is 4. The van der Waals surface area contributed by atoms with E-state index >= 15 is 0 Å². The van der Waals surface area contributed by atoms with Crippen LogP contribution in [0.5, 0.6) is 0 Å². The standard InChI is InChI=1S/C20H26N4O4/c1-11(25)7-24(8-12(2)26)18-17-16(21-10-22-18)14-5-13-9-27-20(3,4)6-15(13)23-19(14)28-17/h5,10-12,25-26H,6-9H2,1-4H3/t11-,12+. The fourth-order valence-corrected chi connectivity index (χ4v) is 3.68. The summed E-state index contributed by atoms with van der Waals surface area (Å²) < 4.78 is 12.0. The summed E-state index contributed by atoms with van der Waals surface area (Å²) in [6.45, 7) is 8.64. The molecule has 2 atom stereocenters. The summed E-state index contributed by atoms with van der Waals surface area (Å²) in [5, 5.41) is 20.6. The number of aliphatic hydroxyl groups is 2. The van der Waals surface area contributed by atoms with Crippen LogP contribution in [-0.4, -0.2) is 56.1 Å². The number of anilines is 1. The lowest BCUT2D eigenvalue weighted by molar-refractivity contribution is -0.0411. The van der Waals surface area contributed by atoms with E-state index in [4.69, 9.17) is 14.1 Å². The molecular formula is C20H26N4O4. The minimum absolute atomic E-state index is 0.254. The normalized spacial score (nSPS) is 18.2. The first-order valence-corrected chi connectivity index (χ1v) is 9.54. The molecule has 1 aliphatic rings. The first-order valence-electron chi connectivity index (χ1n) is 9.54. The van der Waals surface area contributed by atoms with E-state index in [1.54, 1.807) is 13.8 Å². The van der Waals surface area contributed by atoms with Crippen LogP contribution in [0.2, 0.25) is 0 Å². The van der Waals surface area contributed by atoms with Crippen molar-refractivity contribution >= 4 is 28.0 Å². The fourth-order valence-electron chi connectivity index (χ4n) is 3.68. The van der Waals surface area contributed by atoms with Gasteiger partial charge in [-0.3, -0.25) is 0 Å². The van der Waals surface area contributed by atoms with Crippen LogP contribution in [0.25, 0.3) is 22.2 Å². The van der Waals surface area contributed by atoms with Crippen LogP contribution in [0.4, 0.5) is 5.82 Å². The molecule has 4 heterocycles. The molecule has 0 bridgehead atoms. The predicted molar refractivity (Wildman–Crippen MR) is 105 cm³/mol. The van der Waals surface area contributed by atoms with E-state index in [0.29, 0.717) is 48.7 Å². The van der Waals surface area contributed by atoms with Gasteiger partial charge in [0.25, 0.3) is 0 Å². The Morgan fingerprint density at radius 2 is 1.89 bits per heavy atom. The summed E-state index contributed by atoms with van der Waals surface area (Å²) in [7, 11) is 0. The van der Waals surface area contributed by atoms with E-state index in [1.165, 1.54) is 6.33 Å². The molecule has 0 saturated carbocycles. The number of rotatable bonds is 5. The van der Waals surface area contributed by atoms with Crippen molar-refractivity contribution in [3.63, 3.8) is 0 Å². The Morgan fingerprint density at radius 3 is 2.57 bits per heavy atom. The zero-order valence-electron chi connectivity index (χ0n) is 16.6. The number of pyridine rings is 1. The number of hydrogen-bond donors (Lipinski definition) is 2. The molecule has 3 aromatic rings. The molecule has 0 radical (unpaired) electrons. The van der Waals surface area contributed by atoms with Gasteiger partial charge < -0.3 is 24.3 Å². The average molecular weight is 386 g/mol. The van der Waals surface area contributed by atoms with Crippen LogP contribution in [0, 0.1) is 0 Å². The highest BCUT2D eigenvalue weighted by molar-refractivity contribution is 6.04. The summed E-state index contributed by atoms with van der Waals surface area (Å²) in [6.07, 6.45) is 1.02. The number of hydrogen-bond acceptors (Lipinski definition) is 8. The number of furan rings is 1. The van der Waals surface area contributed by atoms with Crippen LogP contribution in [-0.2, 0) is 17.8 Å².